The molecule has 0 aliphatic rings. The molecule has 0 atom stereocenters. The zero-order valence-electron chi connectivity index (χ0n) is 10.9. The molecule has 1 aromatic carbocycles. The van der Waals surface area contributed by atoms with Crippen LogP contribution in [0.4, 0.5) is 10.2 Å². The normalized spacial score (nSPS) is 11.1. The number of aryl methyl sites for hydroxylation is 1. The molecule has 0 radical (unpaired) electrons. The maximum Gasteiger partial charge on any atom is 0.335 e. The maximum atomic E-state index is 13.7. The Morgan fingerprint density at radius 1 is 1.33 bits per heavy atom. The van der Waals surface area contributed by atoms with Crippen LogP contribution < -0.4 is 4.72 Å². The van der Waals surface area contributed by atoms with E-state index in [0.717, 1.165) is 18.2 Å². The van der Waals surface area contributed by atoms with Crippen LogP contribution in [0.15, 0.2) is 41.4 Å². The van der Waals surface area contributed by atoms with Gasteiger partial charge in [-0.3, -0.25) is 4.72 Å². The number of nitrogens with zero attached hydrogens (tertiary/aromatic N) is 1. The average molecular weight is 310 g/mol. The quantitative estimate of drug-likeness (QED) is 0.900. The van der Waals surface area contributed by atoms with E-state index in [1.165, 1.54) is 6.20 Å². The van der Waals surface area contributed by atoms with Crippen molar-refractivity contribution < 1.29 is 22.7 Å². The number of carboxylic acids is 1. The largest absolute Gasteiger partial charge is 0.478 e. The summed E-state index contributed by atoms with van der Waals surface area (Å²) in [6, 6.07) is 5.80. The Kier molecular flexibility index (Phi) is 3.90. The molecular formula is C13H11FN2O4S. The molecule has 8 heteroatoms. The number of sulfonamides is 1. The Hall–Kier alpha value is -2.48. The van der Waals surface area contributed by atoms with Crippen LogP contribution in [0.1, 0.15) is 15.9 Å². The van der Waals surface area contributed by atoms with Crippen LogP contribution in [-0.4, -0.2) is 24.5 Å². The third kappa shape index (κ3) is 3.16. The summed E-state index contributed by atoms with van der Waals surface area (Å²) in [5, 5.41) is 8.85. The zero-order valence-corrected chi connectivity index (χ0v) is 11.7. The minimum atomic E-state index is -4.27. The second kappa shape index (κ2) is 5.49. The highest BCUT2D eigenvalue weighted by Crippen LogP contribution is 2.21. The number of benzene rings is 1. The Bertz CT molecular complexity index is 806. The van der Waals surface area contributed by atoms with Gasteiger partial charge in [0.15, 0.2) is 0 Å². The molecule has 0 unspecified atom stereocenters. The van der Waals surface area contributed by atoms with E-state index in [-0.39, 0.29) is 11.4 Å². The van der Waals surface area contributed by atoms with Gasteiger partial charge in [-0.25, -0.2) is 22.6 Å². The monoisotopic (exact) mass is 310 g/mol. The van der Waals surface area contributed by atoms with E-state index in [1.807, 2.05) is 0 Å². The van der Waals surface area contributed by atoms with Gasteiger partial charge in [0, 0.05) is 6.20 Å². The molecule has 1 aromatic heterocycles. The van der Waals surface area contributed by atoms with Crippen LogP contribution in [0, 0.1) is 12.7 Å². The van der Waals surface area contributed by atoms with Crippen LogP contribution in [0.3, 0.4) is 0 Å². The summed E-state index contributed by atoms with van der Waals surface area (Å²) in [7, 11) is -4.27. The smallest absolute Gasteiger partial charge is 0.335 e. The van der Waals surface area contributed by atoms with Crippen LogP contribution in [0.25, 0.3) is 0 Å². The van der Waals surface area contributed by atoms with Crippen LogP contribution in [0.2, 0.25) is 0 Å². The Morgan fingerprint density at radius 2 is 2.05 bits per heavy atom. The second-order valence-electron chi connectivity index (χ2n) is 4.22. The molecule has 0 aliphatic carbocycles. The summed E-state index contributed by atoms with van der Waals surface area (Å²) in [4.78, 5) is 14.0. The van der Waals surface area contributed by atoms with Crippen molar-refractivity contribution in [2.24, 2.45) is 0 Å². The molecule has 2 N–H and O–H groups in total. The molecular weight excluding hydrogens is 299 g/mol. The molecule has 0 saturated heterocycles. The second-order valence-corrected chi connectivity index (χ2v) is 5.88. The van der Waals surface area contributed by atoms with Gasteiger partial charge in [0.25, 0.3) is 10.0 Å². The lowest BCUT2D eigenvalue weighted by atomic mass is 10.2. The van der Waals surface area contributed by atoms with E-state index in [9.17, 15) is 17.6 Å². The first-order valence-electron chi connectivity index (χ1n) is 5.78. The molecule has 1 heterocycles. The van der Waals surface area contributed by atoms with Gasteiger partial charge in [-0.15, -0.1) is 0 Å². The topological polar surface area (TPSA) is 96.4 Å². The summed E-state index contributed by atoms with van der Waals surface area (Å²) in [6.45, 7) is 1.63. The van der Waals surface area contributed by atoms with Gasteiger partial charge in [-0.2, -0.15) is 0 Å². The van der Waals surface area contributed by atoms with Gasteiger partial charge in [0.1, 0.15) is 16.5 Å². The van der Waals surface area contributed by atoms with Crippen LogP contribution >= 0.6 is 0 Å². The molecule has 0 spiro atoms. The predicted molar refractivity (Wildman–Crippen MR) is 73.1 cm³/mol. The summed E-state index contributed by atoms with van der Waals surface area (Å²) in [6.07, 6.45) is 1.38. The van der Waals surface area contributed by atoms with Crippen LogP contribution in [0.5, 0.6) is 0 Å². The summed E-state index contributed by atoms with van der Waals surface area (Å²) in [5.74, 6) is -2.33. The summed E-state index contributed by atoms with van der Waals surface area (Å²) >= 11 is 0. The van der Waals surface area contributed by atoms with Crippen molar-refractivity contribution in [1.29, 1.82) is 0 Å². The molecule has 0 fully saturated rings. The van der Waals surface area contributed by atoms with Gasteiger partial charge in [0.2, 0.25) is 0 Å². The lowest BCUT2D eigenvalue weighted by Gasteiger charge is -2.10. The molecule has 21 heavy (non-hydrogen) atoms. The first-order chi connectivity index (χ1) is 9.81. The molecule has 0 saturated carbocycles. The number of anilines is 1. The zero-order chi connectivity index (χ0) is 15.6. The van der Waals surface area contributed by atoms with Gasteiger partial charge >= 0.3 is 5.97 Å². The SMILES string of the molecule is Cc1cccnc1NS(=O)(=O)c1cc(C(=O)O)ccc1F. The number of aromatic carboxylic acids is 1. The van der Waals surface area contributed by atoms with Crippen molar-refractivity contribution in [2.45, 2.75) is 11.8 Å². The summed E-state index contributed by atoms with van der Waals surface area (Å²) in [5.41, 5.74) is 0.227. The van der Waals surface area contributed by atoms with E-state index in [4.69, 9.17) is 5.11 Å². The van der Waals surface area contributed by atoms with Crippen molar-refractivity contribution >= 4 is 21.8 Å². The minimum Gasteiger partial charge on any atom is -0.478 e. The number of aromatic nitrogens is 1. The molecule has 110 valence electrons. The van der Waals surface area contributed by atoms with Crippen molar-refractivity contribution in [3.05, 3.63) is 53.5 Å². The Balaban J connectivity index is 2.47. The highest BCUT2D eigenvalue weighted by atomic mass is 32.2. The number of nitrogens with one attached hydrogen (secondary N) is 1. The number of hydrogen-bond donors (Lipinski definition) is 2. The van der Waals surface area contributed by atoms with Crippen molar-refractivity contribution in [2.75, 3.05) is 4.72 Å². The van der Waals surface area contributed by atoms with E-state index in [1.54, 1.807) is 19.1 Å². The first kappa shape index (κ1) is 14.9. The van der Waals surface area contributed by atoms with Crippen molar-refractivity contribution in [3.63, 3.8) is 0 Å². The fourth-order valence-electron chi connectivity index (χ4n) is 1.62. The number of halogens is 1. The molecule has 2 aromatic rings. The Labute approximate surface area is 120 Å². The van der Waals surface area contributed by atoms with Crippen molar-refractivity contribution in [1.82, 2.24) is 4.98 Å². The minimum absolute atomic E-state index is 0.0534. The lowest BCUT2D eigenvalue weighted by Crippen LogP contribution is -2.17. The molecule has 0 aliphatic heterocycles. The number of rotatable bonds is 4. The average Bonchev–Trinajstić information content (AvgIpc) is 2.41. The highest BCUT2D eigenvalue weighted by Gasteiger charge is 2.22. The third-order valence-corrected chi connectivity index (χ3v) is 4.06. The van der Waals surface area contributed by atoms with E-state index < -0.39 is 26.7 Å². The fourth-order valence-corrected chi connectivity index (χ4v) is 2.80. The van der Waals surface area contributed by atoms with Gasteiger partial charge in [-0.1, -0.05) is 6.07 Å². The number of pyridine rings is 1. The van der Waals surface area contributed by atoms with E-state index in [0.29, 0.717) is 5.56 Å². The van der Waals surface area contributed by atoms with Gasteiger partial charge in [0.05, 0.1) is 5.56 Å². The molecule has 0 amide bonds. The van der Waals surface area contributed by atoms with E-state index >= 15 is 0 Å². The highest BCUT2D eigenvalue weighted by molar-refractivity contribution is 7.92. The summed E-state index contributed by atoms with van der Waals surface area (Å²) < 4.78 is 40.2. The van der Waals surface area contributed by atoms with Gasteiger partial charge in [-0.05, 0) is 36.8 Å². The Morgan fingerprint density at radius 3 is 2.67 bits per heavy atom. The maximum absolute atomic E-state index is 13.7. The van der Waals surface area contributed by atoms with Crippen LogP contribution in [-0.2, 0) is 10.0 Å². The lowest BCUT2D eigenvalue weighted by molar-refractivity contribution is 0.0696. The molecule has 0 bridgehead atoms. The molecule has 2 rings (SSSR count). The predicted octanol–water partition coefficient (Wildman–Crippen LogP) is 2.03. The number of hydrogen-bond acceptors (Lipinski definition) is 4. The molecule has 6 nitrogen and oxygen atoms in total. The fraction of sp³-hybridized carbons (Fsp3) is 0.0769. The van der Waals surface area contributed by atoms with E-state index in [2.05, 4.69) is 9.71 Å². The first-order valence-corrected chi connectivity index (χ1v) is 7.27. The standard InChI is InChI=1S/C13H11FN2O4S/c1-8-3-2-6-15-12(8)16-21(19,20)11-7-9(13(17)18)4-5-10(11)14/h2-7H,1H3,(H,15,16)(H,17,18). The van der Waals surface area contributed by atoms with Crippen molar-refractivity contribution in [3.8, 4) is 0 Å². The number of carboxylic acid groups (broad SMARTS) is 1. The van der Waals surface area contributed by atoms with Gasteiger partial charge < -0.3 is 5.11 Å². The third-order valence-electron chi connectivity index (χ3n) is 2.71. The number of carbonyl (C=O) groups is 1.